The molecule has 45 heteroatoms. The van der Waals surface area contributed by atoms with Crippen molar-refractivity contribution in [3.63, 3.8) is 0 Å². The van der Waals surface area contributed by atoms with Crippen LogP contribution < -0.4 is 21.6 Å². The van der Waals surface area contributed by atoms with Gasteiger partial charge >= 0.3 is 438 Å². The van der Waals surface area contributed by atoms with Crippen LogP contribution in [0, 0.1) is 5.92 Å². The fourth-order valence-corrected chi connectivity index (χ4v) is 44.4. The molecule has 1 spiro atoms. The molecule has 8 N–H and O–H groups in total. The number of aliphatic imine (C=N–C) groups is 2. The Balaban J connectivity index is 0.962. The van der Waals surface area contributed by atoms with Crippen LogP contribution in [-0.2, 0) is 88.1 Å². The Morgan fingerprint density at radius 1 is 0.425 bits per heavy atom. The zero-order valence-corrected chi connectivity index (χ0v) is 75.7. The minimum absolute atomic E-state index is 0.00696. The fourth-order valence-electron chi connectivity index (χ4n) is 19.2. The van der Waals surface area contributed by atoms with E-state index in [1.165, 1.54) is 7.11 Å². The standard InChI is InChI=1S/C75H106N12O24S6Si3/c1-109-66(89)37-15-14-36-65(88)76-38-18-54-118(2,3)110-120(82-67-57-28-6-7-29-58(57)68(82)79-70-61-32-10-11-33-62(61)72(84(70)120)81-74-64-35-13-12-34-63(64)73(85(74)120)80-71-60-31-9-8-30-59(60)69(78-67)83(71)120)111-119(4,5)55-19-39-77-75(90)56(26-16-40-86(42-20-48-112(91,92)93,43-21-49-113(94,95)96)44-22-50-114(97,98)99)27-17-41-87(45-23-51-115(100,101)102,46-24-52-116(103,104)105)47-25-53-117(106,107)108/h6-13,28-35,56H,14-27,36-55H2,1-5H3,(H6-2,76,77,88,90,91,92,93,94,95,96,97,98,99,100,101,102,103,104,105,106,107,108)/p+2. The van der Waals surface area contributed by atoms with Crippen molar-refractivity contribution in [2.75, 3.05) is 107 Å². The van der Waals surface area contributed by atoms with Crippen molar-refractivity contribution in [3.8, 4) is 0 Å². The van der Waals surface area contributed by atoms with Gasteiger partial charge in [-0.15, -0.1) is 0 Å². The molecule has 0 radical (unpaired) electrons. The number of hydrogen-bond donors (Lipinski definition) is 8. The molecule has 0 unspecified atom stereocenters. The number of aromatic nitrogens is 2. The van der Waals surface area contributed by atoms with Crippen molar-refractivity contribution < 1.29 is 123 Å². The third-order valence-electron chi connectivity index (χ3n) is 23.9. The molecular weight excluding hydrogens is 1730 g/mol. The first-order chi connectivity index (χ1) is 56.2. The molecule has 6 aliphatic heterocycles. The summed E-state index contributed by atoms with van der Waals surface area (Å²) in [5.74, 6) is -3.48. The summed E-state index contributed by atoms with van der Waals surface area (Å²) in [5, 5.41) is 9.31. The normalized spacial score (nSPS) is 16.9. The number of amides is 2. The number of nitrogens with one attached hydrogen (secondary N) is 2. The number of esters is 1. The van der Waals surface area contributed by atoms with Gasteiger partial charge in [0, 0.05) is 38.5 Å². The van der Waals surface area contributed by atoms with Gasteiger partial charge in [-0.3, -0.25) is 32.1 Å². The van der Waals surface area contributed by atoms with E-state index in [-0.39, 0.29) is 176 Å². The third-order valence-corrected chi connectivity index (χ3v) is 45.4. The van der Waals surface area contributed by atoms with Gasteiger partial charge < -0.3 is 4.74 Å². The molecular formula is C75H108N12O24S6Si3+2. The molecule has 0 aliphatic carbocycles. The molecule has 120 heavy (non-hydrogen) atoms. The predicted molar refractivity (Wildman–Crippen MR) is 457 cm³/mol. The number of benzene rings is 4. The first kappa shape index (κ1) is 91.8. The van der Waals surface area contributed by atoms with Crippen LogP contribution in [0.4, 0.5) is 11.6 Å². The van der Waals surface area contributed by atoms with Gasteiger partial charge in [-0.05, 0) is 0 Å². The Kier molecular flexibility index (Phi) is 26.5. The van der Waals surface area contributed by atoms with Crippen molar-refractivity contribution in [1.82, 2.24) is 19.1 Å². The molecule has 36 nitrogen and oxygen atoms in total. The molecule has 0 saturated carbocycles. The molecule has 2 aromatic heterocycles. The summed E-state index contributed by atoms with van der Waals surface area (Å²) in [4.78, 5) is 64.5. The van der Waals surface area contributed by atoms with E-state index in [9.17, 15) is 95.6 Å². The van der Waals surface area contributed by atoms with Crippen LogP contribution in [0.2, 0.25) is 38.3 Å². The number of carbonyl (C=O) groups is 3. The van der Waals surface area contributed by atoms with Crippen molar-refractivity contribution in [2.24, 2.45) is 25.9 Å². The Bertz CT molecular complexity index is 5610. The van der Waals surface area contributed by atoms with E-state index in [2.05, 4.69) is 53.8 Å². The summed E-state index contributed by atoms with van der Waals surface area (Å²) in [6, 6.07) is 32.5. The van der Waals surface area contributed by atoms with Gasteiger partial charge in [-0.1, -0.05) is 0 Å². The molecule has 8 heterocycles. The van der Waals surface area contributed by atoms with Crippen LogP contribution in [0.1, 0.15) is 125 Å². The van der Waals surface area contributed by atoms with Gasteiger partial charge in [0.2, 0.25) is 0 Å². The number of fused-ring (bicyclic) bond motifs is 12. The van der Waals surface area contributed by atoms with Crippen molar-refractivity contribution in [1.29, 1.82) is 0 Å². The fraction of sp³-hybridized carbons (Fsp3) is 0.533. The molecule has 6 aromatic rings. The summed E-state index contributed by atoms with van der Waals surface area (Å²) < 4.78 is 238. The van der Waals surface area contributed by atoms with Gasteiger partial charge in [-0.25, -0.2) is 0 Å². The van der Waals surface area contributed by atoms with E-state index in [4.69, 9.17) is 24.7 Å². The summed E-state index contributed by atoms with van der Waals surface area (Å²) in [5.41, 5.74) is 3.95. The number of hydrogen-bond acceptors (Lipinski definition) is 22. The van der Waals surface area contributed by atoms with Crippen LogP contribution in [0.25, 0.3) is 21.5 Å². The quantitative estimate of drug-likeness (QED) is 0.00714. The van der Waals surface area contributed by atoms with Crippen molar-refractivity contribution >= 4 is 159 Å². The summed E-state index contributed by atoms with van der Waals surface area (Å²) in [6.45, 7) is 8.34. The van der Waals surface area contributed by atoms with Crippen LogP contribution in [0.5, 0.6) is 0 Å². The Labute approximate surface area is 700 Å². The SMILES string of the molecule is COC(=O)CCCCC(=O)NCCC[Si](C)(C)O[Si-2]123(O[Si](C)(C)CCCNC(=O)C(CCC[N+](CCCS(=O)(=O)O)(CCCS(=O)(=O)O)CCCS(=O)(=O)O)CCC[N+](CCCS(=O)(=O)O)(CCCS(=O)(=O)O)CCCS(=O)(=O)O)n4c5c6ccccc6c4N=C4c6ccccc6C(=[N+]41)N=c1c4ccccc4c(n12)=NC1=[N+]3C(=N5)c2ccccc21. The second-order valence-electron chi connectivity index (χ2n) is 33.6. The summed E-state index contributed by atoms with van der Waals surface area (Å²) >= 11 is 0. The third kappa shape index (κ3) is 19.1. The predicted octanol–water partition coefficient (Wildman–Crippen LogP) is 5.99. The van der Waals surface area contributed by atoms with Gasteiger partial charge in [-0.2, -0.15) is 50.5 Å². The zero-order valence-electron chi connectivity index (χ0n) is 67.8. The number of carbonyl (C=O) groups excluding carboxylic acids is 3. The molecule has 2 amide bonds. The van der Waals surface area contributed by atoms with Crippen LogP contribution >= 0.6 is 0 Å². The van der Waals surface area contributed by atoms with Gasteiger partial charge in [0.25, 0.3) is 60.7 Å². The first-order valence-electron chi connectivity index (χ1n) is 40.4. The zero-order chi connectivity index (χ0) is 87.0. The van der Waals surface area contributed by atoms with E-state index in [0.29, 0.717) is 71.3 Å². The van der Waals surface area contributed by atoms with Crippen LogP contribution in [0.3, 0.4) is 0 Å². The maximum absolute atomic E-state index is 15.6. The average Bonchev–Trinajstić information content (AvgIpc) is 1.32. The Hall–Kier alpha value is -7.40. The number of methoxy groups -OCH3 is 1. The molecule has 0 fully saturated rings. The number of unbranched alkanes of at least 4 members (excludes halogenated alkanes) is 1. The monoisotopic (exact) mass is 1840 g/mol. The molecule has 6 aliphatic rings. The van der Waals surface area contributed by atoms with Crippen molar-refractivity contribution in [3.05, 3.63) is 130 Å². The average molecular weight is 1840 g/mol. The van der Waals surface area contributed by atoms with E-state index >= 15 is 4.79 Å². The maximum atomic E-state index is 15.6. The van der Waals surface area contributed by atoms with E-state index in [1.54, 1.807) is 0 Å². The first-order valence-corrected chi connectivity index (χ1v) is 58.9. The number of ether oxygens (including phenoxy) is 1. The van der Waals surface area contributed by atoms with Gasteiger partial charge in [0.15, 0.2) is 0 Å². The minimum atomic E-state index is -7.33. The number of quaternary nitrogens is 2. The molecule has 4 aromatic carbocycles. The number of rotatable bonds is 50. The molecule has 658 valence electrons. The second-order valence-corrected chi connectivity index (χ2v) is 57.3. The summed E-state index contributed by atoms with van der Waals surface area (Å²) in [7, 11) is -40.8. The Morgan fingerprint density at radius 3 is 1.11 bits per heavy atom. The van der Waals surface area contributed by atoms with Crippen LogP contribution in [0.15, 0.2) is 117 Å². The molecule has 0 bridgehead atoms. The number of nitrogens with zero attached hydrogens (tertiary/aromatic N) is 10. The van der Waals surface area contributed by atoms with E-state index in [0.717, 1.165) is 43.8 Å². The van der Waals surface area contributed by atoms with Gasteiger partial charge in [0.1, 0.15) is 0 Å². The number of amidine groups is 4. The molecule has 0 saturated heterocycles. The van der Waals surface area contributed by atoms with Crippen LogP contribution in [-0.4, -0.2) is 276 Å². The second kappa shape index (κ2) is 34.6. The Morgan fingerprint density at radius 2 is 0.750 bits per heavy atom. The topological polar surface area (TPSA) is 494 Å². The van der Waals surface area contributed by atoms with E-state index < -0.39 is 131 Å². The van der Waals surface area contributed by atoms with Crippen molar-refractivity contribution in [2.45, 2.75) is 141 Å². The molecule has 0 atom stereocenters. The van der Waals surface area contributed by atoms with E-state index in [1.807, 2.05) is 97.1 Å². The van der Waals surface area contributed by atoms with Gasteiger partial charge in [0.05, 0.1) is 80.9 Å². The molecule has 12 rings (SSSR count). The summed E-state index contributed by atoms with van der Waals surface area (Å²) in [6.07, 6.45) is 0.996.